The van der Waals surface area contributed by atoms with Gasteiger partial charge in [-0.25, -0.2) is 15.4 Å². The van der Waals surface area contributed by atoms with Crippen LogP contribution in [0.1, 0.15) is 17.3 Å². The van der Waals surface area contributed by atoms with E-state index in [0.717, 1.165) is 6.21 Å². The topological polar surface area (TPSA) is 374 Å². The molecule has 4 rings (SSSR count). The first-order valence-corrected chi connectivity index (χ1v) is 15.1. The van der Waals surface area contributed by atoms with Crippen LogP contribution in [0.25, 0.3) is 0 Å². The molecule has 1 aromatic rings. The number of hydrazone groups is 1. The maximum absolute atomic E-state index is 12.6. The first-order valence-electron chi connectivity index (χ1n) is 15.1. The number of aliphatic hydroxyl groups excluding tert-OH is 6. The minimum atomic E-state index is -2.28. The molecule has 1 saturated carbocycles. The van der Waals surface area contributed by atoms with E-state index in [2.05, 4.69) is 30.8 Å². The number of ether oxygens (including phenoxy) is 4. The van der Waals surface area contributed by atoms with Crippen molar-refractivity contribution in [1.29, 1.82) is 0 Å². The molecular weight excluding hydrogens is 656 g/mol. The van der Waals surface area contributed by atoms with Crippen LogP contribution in [0.15, 0.2) is 39.6 Å². The molecule has 49 heavy (non-hydrogen) atoms. The summed E-state index contributed by atoms with van der Waals surface area (Å²) in [4.78, 5) is 24.2. The number of amides is 1. The minimum Gasteiger partial charge on any atom is -0.394 e. The second kappa shape index (κ2) is 15.9. The Morgan fingerprint density at radius 2 is 1.65 bits per heavy atom. The summed E-state index contributed by atoms with van der Waals surface area (Å²) in [6.45, 7) is 0.670. The Labute approximate surface area is 279 Å². The first kappa shape index (κ1) is 38.2. The van der Waals surface area contributed by atoms with Gasteiger partial charge < -0.3 is 82.9 Å². The van der Waals surface area contributed by atoms with Crippen molar-refractivity contribution in [3.63, 3.8) is 0 Å². The van der Waals surface area contributed by atoms with Crippen molar-refractivity contribution in [3.8, 4) is 0 Å². The Morgan fingerprint density at radius 3 is 2.24 bits per heavy atom. The predicted octanol–water partition coefficient (Wildman–Crippen LogP) is -7.55. The molecule has 1 aromatic heterocycles. The zero-order chi connectivity index (χ0) is 36.2. The summed E-state index contributed by atoms with van der Waals surface area (Å²) in [6.07, 6.45) is -14.0. The normalized spacial score (nSPS) is 40.9. The first-order chi connectivity index (χ1) is 23.1. The van der Waals surface area contributed by atoms with Gasteiger partial charge >= 0.3 is 0 Å². The molecule has 274 valence electrons. The van der Waals surface area contributed by atoms with Crippen molar-refractivity contribution in [2.75, 3.05) is 13.7 Å². The maximum atomic E-state index is 12.6. The van der Waals surface area contributed by atoms with Crippen LogP contribution in [0, 0.1) is 0 Å². The van der Waals surface area contributed by atoms with Gasteiger partial charge in [-0.1, -0.05) is 0 Å². The van der Waals surface area contributed by atoms with Gasteiger partial charge in [-0.3, -0.25) is 9.78 Å². The second-order valence-electron chi connectivity index (χ2n) is 11.7. The Morgan fingerprint density at radius 1 is 0.980 bits per heavy atom. The van der Waals surface area contributed by atoms with E-state index in [9.17, 15) is 40.5 Å². The summed E-state index contributed by atoms with van der Waals surface area (Å²) in [6, 6.07) is -1.17. The predicted molar refractivity (Wildman–Crippen MR) is 167 cm³/mol. The molecule has 17 N–H and O–H groups in total. The van der Waals surface area contributed by atoms with Crippen molar-refractivity contribution >= 4 is 24.0 Å². The number of aliphatic imine (C=N–C) groups is 2. The summed E-state index contributed by atoms with van der Waals surface area (Å²) in [5, 5.41) is 82.7. The number of aliphatic hydroxyl groups is 7. The van der Waals surface area contributed by atoms with Gasteiger partial charge in [0.25, 0.3) is 5.91 Å². The number of carbonyl (C=O) groups is 1. The molecule has 0 aromatic carbocycles. The van der Waals surface area contributed by atoms with Crippen LogP contribution in [0.2, 0.25) is 0 Å². The molecule has 2 saturated heterocycles. The summed E-state index contributed by atoms with van der Waals surface area (Å²) >= 11 is 0. The summed E-state index contributed by atoms with van der Waals surface area (Å²) in [7, 11) is 1.43. The zero-order valence-electron chi connectivity index (χ0n) is 26.4. The molecule has 22 nitrogen and oxygen atoms in total. The molecule has 1 amide bonds. The van der Waals surface area contributed by atoms with E-state index >= 15 is 0 Å². The van der Waals surface area contributed by atoms with Crippen LogP contribution in [-0.2, 0) is 18.9 Å². The molecule has 2 aliphatic heterocycles. The number of nitrogens with one attached hydrogen (secondary N) is 2. The van der Waals surface area contributed by atoms with Gasteiger partial charge in [-0.05, 0) is 26.1 Å². The number of guanidine groups is 2. The van der Waals surface area contributed by atoms with Gasteiger partial charge in [0.1, 0.15) is 60.9 Å². The van der Waals surface area contributed by atoms with Crippen molar-refractivity contribution in [1.82, 2.24) is 15.7 Å². The molecule has 0 bridgehead atoms. The van der Waals surface area contributed by atoms with E-state index < -0.39 is 116 Å². The van der Waals surface area contributed by atoms with Crippen molar-refractivity contribution < 1.29 is 59.5 Å². The number of pyridine rings is 1. The Hall–Kier alpha value is -3.65. The van der Waals surface area contributed by atoms with E-state index in [1.165, 1.54) is 38.5 Å². The summed E-state index contributed by atoms with van der Waals surface area (Å²) in [5.41, 5.74) is 22.2. The van der Waals surface area contributed by atoms with Crippen molar-refractivity contribution in [2.24, 2.45) is 38.0 Å². The fourth-order valence-electron chi connectivity index (χ4n) is 5.85. The van der Waals surface area contributed by atoms with E-state index in [-0.39, 0.29) is 5.56 Å². The van der Waals surface area contributed by atoms with Crippen LogP contribution in [0.5, 0.6) is 0 Å². The van der Waals surface area contributed by atoms with Gasteiger partial charge in [0, 0.05) is 12.4 Å². The van der Waals surface area contributed by atoms with E-state index in [1.807, 2.05) is 0 Å². The van der Waals surface area contributed by atoms with Gasteiger partial charge in [-0.15, -0.1) is 0 Å². The lowest BCUT2D eigenvalue weighted by Crippen LogP contribution is -2.66. The highest BCUT2D eigenvalue weighted by Crippen LogP contribution is 2.38. The molecule has 3 heterocycles. The standard InChI is InChI=1S/C27H44N10O12/c1-9-27(45,8-34-37-22(44)10-4-3-5-33-6-10)21(49-23-14(32-2)18(42)15(39)11(7-38)47-23)24(46-9)48-20-13(36-26(30)31)16(40)12(35-25(28)29)17(41)19(20)43/h3-6,8-9,11-21,23-24,32,38-43,45H,7H2,1-2H3,(H,37,44)(H4,28,29,35)(H4,30,31,36). The number of aromatic nitrogens is 1. The largest absolute Gasteiger partial charge is 0.394 e. The lowest BCUT2D eigenvalue weighted by Gasteiger charge is -2.45. The molecule has 3 aliphatic rings. The van der Waals surface area contributed by atoms with E-state index in [4.69, 9.17) is 41.9 Å². The number of likely N-dealkylation sites (N-methyl/N-ethyl adjacent to an activating group) is 1. The number of carbonyl (C=O) groups excluding carboxylic acids is 1. The van der Waals surface area contributed by atoms with Crippen LogP contribution >= 0.6 is 0 Å². The number of nitrogens with zero attached hydrogens (tertiary/aromatic N) is 4. The van der Waals surface area contributed by atoms with Gasteiger partial charge in [0.15, 0.2) is 30.1 Å². The number of nitrogens with two attached hydrogens (primary N) is 4. The molecule has 0 spiro atoms. The SMILES string of the molecule is CNC1C(OC2C(OC3C(O)C(O)C(N=C(N)N)C(O)C3N=C(N)N)OC(C)C2(O)C=NNC(=O)c2cccnc2)OC(CO)C(O)C1O. The smallest absolute Gasteiger partial charge is 0.272 e. The maximum Gasteiger partial charge on any atom is 0.272 e. The Kier molecular flexibility index (Phi) is 12.4. The van der Waals surface area contributed by atoms with Crippen molar-refractivity contribution in [2.45, 2.75) is 98.2 Å². The molecule has 15 unspecified atom stereocenters. The van der Waals surface area contributed by atoms with Crippen LogP contribution in [0.3, 0.4) is 0 Å². The third kappa shape index (κ3) is 8.06. The molecule has 1 aliphatic carbocycles. The number of hydrogen-bond donors (Lipinski definition) is 13. The van der Waals surface area contributed by atoms with E-state index in [0.29, 0.717) is 0 Å². The fraction of sp³-hybridized carbons (Fsp3) is 0.667. The second-order valence-corrected chi connectivity index (χ2v) is 11.7. The van der Waals surface area contributed by atoms with Gasteiger partial charge in [0.2, 0.25) is 0 Å². The molecule has 3 fully saturated rings. The highest BCUT2D eigenvalue weighted by atomic mass is 16.8. The van der Waals surface area contributed by atoms with Crippen LogP contribution in [0.4, 0.5) is 0 Å². The zero-order valence-corrected chi connectivity index (χ0v) is 26.4. The van der Waals surface area contributed by atoms with Crippen LogP contribution in [-0.4, -0.2) is 170 Å². The van der Waals surface area contributed by atoms with Gasteiger partial charge in [-0.2, -0.15) is 5.10 Å². The Bertz CT molecular complexity index is 1350. The van der Waals surface area contributed by atoms with Crippen LogP contribution < -0.4 is 33.7 Å². The summed E-state index contributed by atoms with van der Waals surface area (Å²) < 4.78 is 23.8. The highest BCUT2D eigenvalue weighted by molar-refractivity contribution is 5.94. The lowest BCUT2D eigenvalue weighted by atomic mass is 9.81. The lowest BCUT2D eigenvalue weighted by molar-refractivity contribution is -0.313. The van der Waals surface area contributed by atoms with Gasteiger partial charge in [0.05, 0.1) is 30.5 Å². The average molecular weight is 701 g/mol. The minimum absolute atomic E-state index is 0.152. The third-order valence-corrected chi connectivity index (χ3v) is 8.51. The number of hydrogen-bond acceptors (Lipinski definition) is 17. The molecular formula is C27H44N10O12. The molecule has 0 radical (unpaired) electrons. The molecule has 15 atom stereocenters. The third-order valence-electron chi connectivity index (χ3n) is 8.51. The van der Waals surface area contributed by atoms with E-state index in [1.54, 1.807) is 0 Å². The number of rotatable bonds is 11. The Balaban J connectivity index is 1.71. The quantitative estimate of drug-likeness (QED) is 0.0579. The monoisotopic (exact) mass is 700 g/mol. The molecule has 22 heteroatoms. The summed E-state index contributed by atoms with van der Waals surface area (Å²) in [5.74, 6) is -1.73. The fourth-order valence-corrected chi connectivity index (χ4v) is 5.85. The van der Waals surface area contributed by atoms with Crippen molar-refractivity contribution in [3.05, 3.63) is 30.1 Å². The average Bonchev–Trinajstić information content (AvgIpc) is 3.29. The highest BCUT2D eigenvalue weighted by Gasteiger charge is 2.60.